The van der Waals surface area contributed by atoms with Crippen LogP contribution in [0.2, 0.25) is 0 Å². The second kappa shape index (κ2) is 13.1. The lowest BCUT2D eigenvalue weighted by atomic mass is 9.80. The van der Waals surface area contributed by atoms with Gasteiger partial charge in [0.1, 0.15) is 5.75 Å². The van der Waals surface area contributed by atoms with E-state index >= 15 is 0 Å². The predicted molar refractivity (Wildman–Crippen MR) is 145 cm³/mol. The van der Waals surface area contributed by atoms with E-state index in [0.29, 0.717) is 11.7 Å². The van der Waals surface area contributed by atoms with E-state index in [0.717, 1.165) is 87.5 Å². The number of rotatable bonds is 12. The van der Waals surface area contributed by atoms with Crippen molar-refractivity contribution in [2.24, 2.45) is 0 Å². The number of hydrogen-bond acceptors (Lipinski definition) is 6. The molecule has 2 aromatic carbocycles. The van der Waals surface area contributed by atoms with Crippen molar-refractivity contribution in [2.45, 2.75) is 100 Å². The number of halogens is 4. The number of nitrogens with zero attached hydrogens (tertiary/aromatic N) is 1. The van der Waals surface area contributed by atoms with Crippen molar-refractivity contribution in [3.05, 3.63) is 69.3 Å². The maximum atomic E-state index is 14.8. The van der Waals surface area contributed by atoms with E-state index in [2.05, 4.69) is 10.2 Å². The molecular formula is C29H35F4NO6S. The number of nitro groups is 1. The summed E-state index contributed by atoms with van der Waals surface area (Å²) in [4.78, 5) is 10.2. The van der Waals surface area contributed by atoms with Crippen LogP contribution in [0.4, 0.5) is 23.2 Å². The van der Waals surface area contributed by atoms with Gasteiger partial charge in [-0.1, -0.05) is 62.8 Å². The largest absolute Gasteiger partial charge is 0.493 e. The minimum atomic E-state index is -6.16. The van der Waals surface area contributed by atoms with Crippen molar-refractivity contribution >= 4 is 15.8 Å². The van der Waals surface area contributed by atoms with Crippen LogP contribution < -0.4 is 4.74 Å². The first-order valence-electron chi connectivity index (χ1n) is 14.1. The first-order valence-corrected chi connectivity index (χ1v) is 15.5. The molecule has 2 aliphatic rings. The molecule has 226 valence electrons. The maximum absolute atomic E-state index is 14.8. The van der Waals surface area contributed by atoms with Gasteiger partial charge in [-0.15, -0.1) is 0 Å². The van der Waals surface area contributed by atoms with Gasteiger partial charge in [-0.3, -0.25) is 14.3 Å². The Kier molecular flexibility index (Phi) is 9.94. The van der Waals surface area contributed by atoms with E-state index in [-0.39, 0.29) is 11.5 Å². The van der Waals surface area contributed by atoms with Crippen LogP contribution in [0.1, 0.15) is 99.2 Å². The fraction of sp³-hybridized carbons (Fsp3) is 0.586. The van der Waals surface area contributed by atoms with E-state index in [1.54, 1.807) is 0 Å². The third-order valence-corrected chi connectivity index (χ3v) is 9.49. The molecule has 12 heteroatoms. The molecule has 2 aromatic rings. The molecule has 0 atom stereocenters. The molecule has 0 radical (unpaired) electrons. The maximum Gasteiger partial charge on any atom is 0.431 e. The van der Waals surface area contributed by atoms with E-state index in [1.807, 2.05) is 12.1 Å². The molecule has 7 nitrogen and oxygen atoms in total. The Morgan fingerprint density at radius 3 is 2.12 bits per heavy atom. The molecule has 0 heterocycles. The minimum absolute atomic E-state index is 0.178. The summed E-state index contributed by atoms with van der Waals surface area (Å²) < 4.78 is 93.2. The van der Waals surface area contributed by atoms with Crippen LogP contribution in [0, 0.1) is 10.1 Å². The molecule has 0 bridgehead atoms. The van der Waals surface area contributed by atoms with Gasteiger partial charge >= 0.3 is 21.3 Å². The number of hydrogen-bond donors (Lipinski definition) is 0. The zero-order valence-corrected chi connectivity index (χ0v) is 23.5. The van der Waals surface area contributed by atoms with Gasteiger partial charge in [0.25, 0.3) is 5.69 Å². The van der Waals surface area contributed by atoms with Crippen molar-refractivity contribution in [3.8, 4) is 5.75 Å². The lowest BCUT2D eigenvalue weighted by molar-refractivity contribution is -0.385. The summed E-state index contributed by atoms with van der Waals surface area (Å²) in [6.45, 7) is -2.03. The second-order valence-electron chi connectivity index (χ2n) is 10.9. The summed E-state index contributed by atoms with van der Waals surface area (Å²) in [5.74, 6) is -4.15. The molecule has 0 aromatic heterocycles. The number of alkyl halides is 4. The lowest BCUT2D eigenvalue weighted by Crippen LogP contribution is -2.48. The normalized spacial score (nSPS) is 17.9. The Labute approximate surface area is 237 Å². The highest BCUT2D eigenvalue weighted by molar-refractivity contribution is 7.87. The van der Waals surface area contributed by atoms with Crippen LogP contribution in [0.5, 0.6) is 5.75 Å². The van der Waals surface area contributed by atoms with Crippen molar-refractivity contribution in [3.63, 3.8) is 0 Å². The summed E-state index contributed by atoms with van der Waals surface area (Å²) in [5.41, 5.74) is 0.953. The molecule has 2 fully saturated rings. The van der Waals surface area contributed by atoms with Crippen molar-refractivity contribution in [1.29, 1.82) is 0 Å². The fourth-order valence-electron chi connectivity index (χ4n) is 5.76. The van der Waals surface area contributed by atoms with Gasteiger partial charge in [-0.2, -0.15) is 26.0 Å². The van der Waals surface area contributed by atoms with Gasteiger partial charge in [0.2, 0.25) is 0 Å². The van der Waals surface area contributed by atoms with Gasteiger partial charge in [0, 0.05) is 6.07 Å². The summed E-state index contributed by atoms with van der Waals surface area (Å²) in [6.07, 6.45) is 8.82. The highest BCUT2D eigenvalue weighted by atomic mass is 32.2. The molecular weight excluding hydrogens is 566 g/mol. The average Bonchev–Trinajstić information content (AvgIpc) is 2.97. The smallest absolute Gasteiger partial charge is 0.431 e. The standard InChI is InChI=1S/C29H35F4NO6S/c30-28(31,29(32,33)41(37,38)40-20-24-13-7-8-14-26(24)34(35)36)17-18-39-27-19-23(21-9-3-1-4-10-21)15-16-25(27)22-11-5-2-6-12-22/h7-8,13-16,19,21-22H,1-6,9-12,17-18,20H2. The Hall–Kier alpha value is -2.73. The number of benzene rings is 2. The van der Waals surface area contributed by atoms with Crippen LogP contribution in [0.25, 0.3) is 0 Å². The van der Waals surface area contributed by atoms with Gasteiger partial charge in [-0.05, 0) is 60.8 Å². The molecule has 2 aliphatic carbocycles. The first-order chi connectivity index (χ1) is 19.4. The molecule has 41 heavy (non-hydrogen) atoms. The van der Waals surface area contributed by atoms with Gasteiger partial charge < -0.3 is 4.74 Å². The van der Waals surface area contributed by atoms with E-state index < -0.39 is 51.5 Å². The SMILES string of the molecule is O=[N+]([O-])c1ccccc1COS(=O)(=O)C(F)(F)C(F)(F)CCOc1cc(C2CCCCC2)ccc1C1CCCCC1. The average molecular weight is 602 g/mol. The topological polar surface area (TPSA) is 95.7 Å². The van der Waals surface area contributed by atoms with Crippen LogP contribution >= 0.6 is 0 Å². The molecule has 0 N–H and O–H groups in total. The summed E-state index contributed by atoms with van der Waals surface area (Å²) in [5, 5.41) is 5.50. The summed E-state index contributed by atoms with van der Waals surface area (Å²) in [7, 11) is -6.16. The van der Waals surface area contributed by atoms with Crippen molar-refractivity contribution in [2.75, 3.05) is 6.61 Å². The van der Waals surface area contributed by atoms with Gasteiger partial charge in [0.05, 0.1) is 30.1 Å². The van der Waals surface area contributed by atoms with E-state index in [4.69, 9.17) is 4.74 Å². The first kappa shape index (κ1) is 31.2. The minimum Gasteiger partial charge on any atom is -0.493 e. The summed E-state index contributed by atoms with van der Waals surface area (Å²) >= 11 is 0. The highest BCUT2D eigenvalue weighted by Crippen LogP contribution is 2.44. The van der Waals surface area contributed by atoms with E-state index in [9.17, 15) is 36.1 Å². The van der Waals surface area contributed by atoms with Crippen molar-refractivity contribution in [1.82, 2.24) is 0 Å². The Balaban J connectivity index is 1.46. The molecule has 0 unspecified atom stereocenters. The third kappa shape index (κ3) is 7.20. The molecule has 0 amide bonds. The Bertz CT molecular complexity index is 1310. The van der Waals surface area contributed by atoms with Crippen molar-refractivity contribution < 1.29 is 39.8 Å². The zero-order valence-electron chi connectivity index (χ0n) is 22.7. The second-order valence-corrected chi connectivity index (χ2v) is 12.5. The third-order valence-electron chi connectivity index (χ3n) is 8.13. The number of para-hydroxylation sites is 1. The van der Waals surface area contributed by atoms with Crippen LogP contribution in [0.15, 0.2) is 42.5 Å². The lowest BCUT2D eigenvalue weighted by Gasteiger charge is -2.28. The van der Waals surface area contributed by atoms with Crippen LogP contribution in [-0.4, -0.2) is 31.1 Å². The molecule has 4 rings (SSSR count). The Morgan fingerprint density at radius 1 is 0.878 bits per heavy atom. The van der Waals surface area contributed by atoms with Crippen LogP contribution in [0.3, 0.4) is 0 Å². The molecule has 0 spiro atoms. The summed E-state index contributed by atoms with van der Waals surface area (Å²) in [6, 6.07) is 10.5. The number of ether oxygens (including phenoxy) is 1. The molecule has 0 aliphatic heterocycles. The van der Waals surface area contributed by atoms with Crippen LogP contribution in [-0.2, 0) is 20.9 Å². The van der Waals surface area contributed by atoms with Gasteiger partial charge in [0.15, 0.2) is 0 Å². The zero-order chi connectivity index (χ0) is 29.7. The fourth-order valence-corrected chi connectivity index (χ4v) is 6.66. The van der Waals surface area contributed by atoms with Gasteiger partial charge in [-0.25, -0.2) is 0 Å². The quantitative estimate of drug-likeness (QED) is 0.105. The molecule has 0 saturated heterocycles. The Morgan fingerprint density at radius 2 is 1.49 bits per heavy atom. The predicted octanol–water partition coefficient (Wildman–Crippen LogP) is 8.23. The highest BCUT2D eigenvalue weighted by Gasteiger charge is 2.66. The monoisotopic (exact) mass is 601 g/mol. The molecule has 2 saturated carbocycles. The number of nitro benzene ring substituents is 1. The van der Waals surface area contributed by atoms with E-state index in [1.165, 1.54) is 12.1 Å².